The number of methoxy groups -OCH3 is 1. The minimum Gasteiger partial charge on any atom is -0.491 e. The van der Waals surface area contributed by atoms with Gasteiger partial charge in [0.25, 0.3) is 0 Å². The van der Waals surface area contributed by atoms with E-state index in [0.29, 0.717) is 19.0 Å². The molecule has 0 radical (unpaired) electrons. The maximum Gasteiger partial charge on any atom is 0.125 e. The van der Waals surface area contributed by atoms with E-state index in [1.165, 1.54) is 0 Å². The van der Waals surface area contributed by atoms with Crippen LogP contribution in [0, 0.1) is 3.57 Å². The lowest BCUT2D eigenvalue weighted by Crippen LogP contribution is -2.08. The number of para-hydroxylation sites is 1. The number of aliphatic hydroxyl groups excluding tert-OH is 1. The summed E-state index contributed by atoms with van der Waals surface area (Å²) in [5.74, 6) is 0.691. The Balaban J connectivity index is 2.23. The second-order valence-electron chi connectivity index (χ2n) is 4.34. The molecule has 1 N–H and O–H groups in total. The standard InChI is InChI=1S/C16H17IO3/c1-19-9-10-20-15-8-3-2-7-14(15)16(18)12-5-4-6-13(17)11-12/h2-8,11,16,18H,9-10H2,1H3. The van der Waals surface area contributed by atoms with Gasteiger partial charge in [-0.25, -0.2) is 0 Å². The van der Waals surface area contributed by atoms with E-state index in [2.05, 4.69) is 22.6 Å². The fourth-order valence-electron chi connectivity index (χ4n) is 1.93. The molecule has 20 heavy (non-hydrogen) atoms. The fourth-order valence-corrected chi connectivity index (χ4v) is 2.50. The molecule has 0 amide bonds. The van der Waals surface area contributed by atoms with E-state index in [9.17, 15) is 5.11 Å². The third-order valence-electron chi connectivity index (χ3n) is 2.92. The van der Waals surface area contributed by atoms with Crippen LogP contribution < -0.4 is 4.74 Å². The van der Waals surface area contributed by atoms with Crippen molar-refractivity contribution in [3.05, 3.63) is 63.2 Å². The van der Waals surface area contributed by atoms with Gasteiger partial charge in [0, 0.05) is 16.2 Å². The molecular formula is C16H17IO3. The van der Waals surface area contributed by atoms with Crippen LogP contribution in [0.1, 0.15) is 17.2 Å². The van der Waals surface area contributed by atoms with Gasteiger partial charge in [-0.2, -0.15) is 0 Å². The van der Waals surface area contributed by atoms with Gasteiger partial charge in [-0.15, -0.1) is 0 Å². The summed E-state index contributed by atoms with van der Waals surface area (Å²) in [6, 6.07) is 15.4. The Kier molecular flexibility index (Phi) is 5.82. The van der Waals surface area contributed by atoms with Gasteiger partial charge in [0.15, 0.2) is 0 Å². The molecule has 0 aliphatic carbocycles. The van der Waals surface area contributed by atoms with E-state index >= 15 is 0 Å². The van der Waals surface area contributed by atoms with Crippen LogP contribution in [0.25, 0.3) is 0 Å². The number of rotatable bonds is 6. The van der Waals surface area contributed by atoms with Crippen LogP contribution in [0.15, 0.2) is 48.5 Å². The first-order chi connectivity index (χ1) is 9.72. The minimum atomic E-state index is -0.691. The van der Waals surface area contributed by atoms with Crippen molar-refractivity contribution in [2.75, 3.05) is 20.3 Å². The highest BCUT2D eigenvalue weighted by Gasteiger charge is 2.15. The largest absolute Gasteiger partial charge is 0.491 e. The molecule has 1 unspecified atom stereocenters. The predicted molar refractivity (Wildman–Crippen MR) is 87.0 cm³/mol. The van der Waals surface area contributed by atoms with E-state index in [1.807, 2.05) is 48.5 Å². The Morgan fingerprint density at radius 1 is 1.10 bits per heavy atom. The molecule has 0 saturated heterocycles. The van der Waals surface area contributed by atoms with Crippen molar-refractivity contribution in [1.82, 2.24) is 0 Å². The monoisotopic (exact) mass is 384 g/mol. The third-order valence-corrected chi connectivity index (χ3v) is 3.59. The van der Waals surface area contributed by atoms with Crippen LogP contribution in [0.4, 0.5) is 0 Å². The molecule has 0 spiro atoms. The van der Waals surface area contributed by atoms with Crippen LogP contribution in [0.3, 0.4) is 0 Å². The van der Waals surface area contributed by atoms with Gasteiger partial charge < -0.3 is 14.6 Å². The van der Waals surface area contributed by atoms with Gasteiger partial charge in [-0.05, 0) is 46.4 Å². The van der Waals surface area contributed by atoms with Crippen LogP contribution in [-0.2, 0) is 4.74 Å². The van der Waals surface area contributed by atoms with Crippen LogP contribution in [0.5, 0.6) is 5.75 Å². The zero-order chi connectivity index (χ0) is 14.4. The molecule has 0 heterocycles. The van der Waals surface area contributed by atoms with Crippen molar-refractivity contribution in [2.24, 2.45) is 0 Å². The molecule has 106 valence electrons. The number of hydrogen-bond acceptors (Lipinski definition) is 3. The van der Waals surface area contributed by atoms with E-state index in [-0.39, 0.29) is 0 Å². The molecular weight excluding hydrogens is 367 g/mol. The number of halogens is 1. The quantitative estimate of drug-likeness (QED) is 0.613. The Morgan fingerprint density at radius 2 is 1.90 bits per heavy atom. The second-order valence-corrected chi connectivity index (χ2v) is 5.58. The average Bonchev–Trinajstić information content (AvgIpc) is 2.47. The Bertz CT molecular complexity index is 557. The first-order valence-corrected chi connectivity index (χ1v) is 7.44. The molecule has 0 aliphatic heterocycles. The van der Waals surface area contributed by atoms with Gasteiger partial charge in [-0.1, -0.05) is 30.3 Å². The van der Waals surface area contributed by atoms with Crippen LogP contribution >= 0.6 is 22.6 Å². The summed E-state index contributed by atoms with van der Waals surface area (Å²) >= 11 is 2.24. The molecule has 2 rings (SSSR count). The van der Waals surface area contributed by atoms with Crippen molar-refractivity contribution in [3.8, 4) is 5.75 Å². The van der Waals surface area contributed by atoms with Crippen molar-refractivity contribution in [1.29, 1.82) is 0 Å². The molecule has 0 bridgehead atoms. The molecule has 3 nitrogen and oxygen atoms in total. The van der Waals surface area contributed by atoms with Crippen molar-refractivity contribution in [2.45, 2.75) is 6.10 Å². The summed E-state index contributed by atoms with van der Waals surface area (Å²) in [5, 5.41) is 10.5. The summed E-state index contributed by atoms with van der Waals surface area (Å²) in [7, 11) is 1.63. The average molecular weight is 384 g/mol. The Morgan fingerprint density at radius 3 is 2.65 bits per heavy atom. The summed E-state index contributed by atoms with van der Waals surface area (Å²) < 4.78 is 11.7. The highest BCUT2D eigenvalue weighted by molar-refractivity contribution is 14.1. The van der Waals surface area contributed by atoms with Crippen molar-refractivity contribution in [3.63, 3.8) is 0 Å². The maximum absolute atomic E-state index is 10.5. The minimum absolute atomic E-state index is 0.465. The van der Waals surface area contributed by atoms with E-state index in [0.717, 1.165) is 14.7 Å². The first kappa shape index (κ1) is 15.3. The van der Waals surface area contributed by atoms with Crippen molar-refractivity contribution < 1.29 is 14.6 Å². The topological polar surface area (TPSA) is 38.7 Å². The number of benzene rings is 2. The highest BCUT2D eigenvalue weighted by atomic mass is 127. The van der Waals surface area contributed by atoms with Gasteiger partial charge in [-0.3, -0.25) is 0 Å². The van der Waals surface area contributed by atoms with Gasteiger partial charge in [0.1, 0.15) is 18.5 Å². The molecule has 0 aliphatic rings. The third kappa shape index (κ3) is 3.94. The number of hydrogen-bond donors (Lipinski definition) is 1. The lowest BCUT2D eigenvalue weighted by molar-refractivity contribution is 0.142. The summed E-state index contributed by atoms with van der Waals surface area (Å²) in [5.41, 5.74) is 1.63. The van der Waals surface area contributed by atoms with Crippen LogP contribution in [0.2, 0.25) is 0 Å². The normalized spacial score (nSPS) is 12.2. The molecule has 0 saturated carbocycles. The first-order valence-electron chi connectivity index (χ1n) is 6.36. The van der Waals surface area contributed by atoms with E-state index in [1.54, 1.807) is 7.11 Å². The molecule has 1 atom stereocenters. The number of ether oxygens (including phenoxy) is 2. The Hall–Kier alpha value is -1.11. The zero-order valence-corrected chi connectivity index (χ0v) is 13.4. The zero-order valence-electron chi connectivity index (χ0n) is 11.3. The molecule has 0 fully saturated rings. The van der Waals surface area contributed by atoms with Gasteiger partial charge in [0.2, 0.25) is 0 Å². The molecule has 4 heteroatoms. The smallest absolute Gasteiger partial charge is 0.125 e. The molecule has 2 aromatic rings. The molecule has 0 aromatic heterocycles. The van der Waals surface area contributed by atoms with Crippen LogP contribution in [-0.4, -0.2) is 25.4 Å². The number of aliphatic hydroxyl groups is 1. The molecule has 2 aromatic carbocycles. The van der Waals surface area contributed by atoms with E-state index in [4.69, 9.17) is 9.47 Å². The summed E-state index contributed by atoms with van der Waals surface area (Å²) in [4.78, 5) is 0. The summed E-state index contributed by atoms with van der Waals surface area (Å²) in [6.07, 6.45) is -0.691. The fraction of sp³-hybridized carbons (Fsp3) is 0.250. The SMILES string of the molecule is COCCOc1ccccc1C(O)c1cccc(I)c1. The second kappa shape index (κ2) is 7.61. The van der Waals surface area contributed by atoms with Gasteiger partial charge >= 0.3 is 0 Å². The lowest BCUT2D eigenvalue weighted by atomic mass is 10.0. The summed E-state index contributed by atoms with van der Waals surface area (Å²) in [6.45, 7) is 0.986. The van der Waals surface area contributed by atoms with Gasteiger partial charge in [0.05, 0.1) is 6.61 Å². The maximum atomic E-state index is 10.5. The highest BCUT2D eigenvalue weighted by Crippen LogP contribution is 2.30. The Labute approximate surface area is 132 Å². The van der Waals surface area contributed by atoms with E-state index < -0.39 is 6.10 Å². The van der Waals surface area contributed by atoms with Crippen molar-refractivity contribution >= 4 is 22.6 Å². The lowest BCUT2D eigenvalue weighted by Gasteiger charge is -2.16. The predicted octanol–water partition coefficient (Wildman–Crippen LogP) is 3.40.